The van der Waals surface area contributed by atoms with Crippen LogP contribution in [0.1, 0.15) is 31.9 Å². The third kappa shape index (κ3) is 7.34. The van der Waals surface area contributed by atoms with E-state index in [1.165, 1.54) is 4.90 Å². The number of hydrogen-bond donors (Lipinski definition) is 2. The summed E-state index contributed by atoms with van der Waals surface area (Å²) in [5.74, 6) is -0.0182. The van der Waals surface area contributed by atoms with E-state index in [2.05, 4.69) is 15.7 Å². The van der Waals surface area contributed by atoms with Gasteiger partial charge in [0.05, 0.1) is 18.7 Å². The number of fused-ring (bicyclic) bond motifs is 1. The SMILES string of the molecule is CC(C)(C)OC(=O)NCCN(CCn1nccc1-c1ccc2c(c1)CC(=O)N2)C(=O)OCc1ccccc1. The smallest absolute Gasteiger partial charge is 0.410 e. The fourth-order valence-electron chi connectivity index (χ4n) is 4.07. The lowest BCUT2D eigenvalue weighted by Crippen LogP contribution is -2.41. The summed E-state index contributed by atoms with van der Waals surface area (Å²) in [6, 6.07) is 17.2. The molecule has 0 bridgehead atoms. The van der Waals surface area contributed by atoms with Crippen LogP contribution in [0, 0.1) is 0 Å². The van der Waals surface area contributed by atoms with Gasteiger partial charge in [-0.15, -0.1) is 0 Å². The third-order valence-corrected chi connectivity index (χ3v) is 5.84. The molecule has 0 fully saturated rings. The van der Waals surface area contributed by atoms with Crippen molar-refractivity contribution in [2.24, 2.45) is 0 Å². The van der Waals surface area contributed by atoms with Crippen molar-refractivity contribution < 1.29 is 23.9 Å². The molecule has 0 unspecified atom stereocenters. The van der Waals surface area contributed by atoms with Crippen LogP contribution < -0.4 is 10.6 Å². The number of nitrogens with zero attached hydrogens (tertiary/aromatic N) is 3. The normalized spacial score (nSPS) is 12.4. The fourth-order valence-corrected chi connectivity index (χ4v) is 4.07. The molecule has 1 aromatic heterocycles. The van der Waals surface area contributed by atoms with E-state index in [-0.39, 0.29) is 25.6 Å². The van der Waals surface area contributed by atoms with E-state index in [1.807, 2.05) is 59.3 Å². The summed E-state index contributed by atoms with van der Waals surface area (Å²) in [6.07, 6.45) is 1.02. The number of carbonyl (C=O) groups is 3. The molecule has 0 saturated heterocycles. The van der Waals surface area contributed by atoms with Crippen molar-refractivity contribution >= 4 is 23.8 Å². The van der Waals surface area contributed by atoms with E-state index in [0.29, 0.717) is 19.5 Å². The number of nitrogens with one attached hydrogen (secondary N) is 2. The van der Waals surface area contributed by atoms with Crippen molar-refractivity contribution in [1.29, 1.82) is 0 Å². The van der Waals surface area contributed by atoms with Crippen molar-refractivity contribution in [1.82, 2.24) is 20.0 Å². The number of ether oxygens (including phenoxy) is 2. The molecule has 0 atom stereocenters. The van der Waals surface area contributed by atoms with Crippen molar-refractivity contribution in [2.45, 2.75) is 45.9 Å². The molecule has 0 spiro atoms. The van der Waals surface area contributed by atoms with E-state index in [1.54, 1.807) is 27.0 Å². The second-order valence-electron chi connectivity index (χ2n) is 9.99. The first-order valence-corrected chi connectivity index (χ1v) is 12.6. The first-order chi connectivity index (χ1) is 18.2. The summed E-state index contributed by atoms with van der Waals surface area (Å²) in [4.78, 5) is 38.3. The molecule has 2 heterocycles. The second-order valence-corrected chi connectivity index (χ2v) is 9.99. The molecule has 0 saturated carbocycles. The second kappa shape index (κ2) is 11.8. The number of anilines is 1. The Hall–Kier alpha value is -4.34. The van der Waals surface area contributed by atoms with Gasteiger partial charge in [-0.3, -0.25) is 9.48 Å². The van der Waals surface area contributed by atoms with Gasteiger partial charge in [-0.2, -0.15) is 5.10 Å². The van der Waals surface area contributed by atoms with E-state index in [0.717, 1.165) is 28.1 Å². The lowest BCUT2D eigenvalue weighted by molar-refractivity contribution is -0.115. The van der Waals surface area contributed by atoms with Gasteiger partial charge in [0.2, 0.25) is 5.91 Å². The van der Waals surface area contributed by atoms with Gasteiger partial charge in [-0.1, -0.05) is 36.4 Å². The van der Waals surface area contributed by atoms with Gasteiger partial charge >= 0.3 is 12.2 Å². The quantitative estimate of drug-likeness (QED) is 0.438. The molecule has 1 aliphatic rings. The maximum Gasteiger partial charge on any atom is 0.410 e. The molecule has 10 nitrogen and oxygen atoms in total. The zero-order chi connectivity index (χ0) is 27.1. The Labute approximate surface area is 221 Å². The van der Waals surface area contributed by atoms with Crippen LogP contribution in [0.2, 0.25) is 0 Å². The molecule has 4 rings (SSSR count). The van der Waals surface area contributed by atoms with Crippen molar-refractivity contribution in [3.8, 4) is 11.3 Å². The van der Waals surface area contributed by atoms with Gasteiger partial charge in [0.15, 0.2) is 0 Å². The number of carbonyl (C=O) groups excluding carboxylic acids is 3. The van der Waals surface area contributed by atoms with E-state index < -0.39 is 17.8 Å². The first-order valence-electron chi connectivity index (χ1n) is 12.6. The van der Waals surface area contributed by atoms with Crippen molar-refractivity contribution in [3.63, 3.8) is 0 Å². The van der Waals surface area contributed by atoms with E-state index >= 15 is 0 Å². The van der Waals surface area contributed by atoms with Crippen LogP contribution in [0.3, 0.4) is 0 Å². The largest absolute Gasteiger partial charge is 0.445 e. The van der Waals surface area contributed by atoms with Gasteiger partial charge in [0.1, 0.15) is 12.2 Å². The van der Waals surface area contributed by atoms with Crippen LogP contribution in [-0.4, -0.2) is 58.0 Å². The summed E-state index contributed by atoms with van der Waals surface area (Å²) in [6.45, 7) is 6.66. The Morgan fingerprint density at radius 2 is 1.89 bits per heavy atom. The number of rotatable bonds is 9. The zero-order valence-electron chi connectivity index (χ0n) is 21.9. The zero-order valence-corrected chi connectivity index (χ0v) is 21.9. The molecule has 2 aromatic carbocycles. The summed E-state index contributed by atoms with van der Waals surface area (Å²) >= 11 is 0. The monoisotopic (exact) mass is 519 g/mol. The van der Waals surface area contributed by atoms with Crippen LogP contribution in [0.4, 0.5) is 15.3 Å². The average molecular weight is 520 g/mol. The van der Waals surface area contributed by atoms with Crippen LogP contribution in [-0.2, 0) is 33.8 Å². The summed E-state index contributed by atoms with van der Waals surface area (Å²) < 4.78 is 12.6. The molecular formula is C28H33N5O5. The fraction of sp³-hybridized carbons (Fsp3) is 0.357. The van der Waals surface area contributed by atoms with Crippen LogP contribution in [0.5, 0.6) is 0 Å². The van der Waals surface area contributed by atoms with Crippen LogP contribution in [0.25, 0.3) is 11.3 Å². The minimum absolute atomic E-state index is 0.0182. The molecule has 200 valence electrons. The molecular weight excluding hydrogens is 486 g/mol. The number of benzene rings is 2. The Kier molecular flexibility index (Phi) is 8.30. The summed E-state index contributed by atoms with van der Waals surface area (Å²) in [5.41, 5.74) is 3.84. The highest BCUT2D eigenvalue weighted by Gasteiger charge is 2.21. The number of hydrogen-bond acceptors (Lipinski definition) is 6. The van der Waals surface area contributed by atoms with Gasteiger partial charge < -0.3 is 25.0 Å². The van der Waals surface area contributed by atoms with Gasteiger partial charge in [0.25, 0.3) is 0 Å². The predicted molar refractivity (Wildman–Crippen MR) is 142 cm³/mol. The lowest BCUT2D eigenvalue weighted by Gasteiger charge is -2.24. The van der Waals surface area contributed by atoms with Crippen LogP contribution >= 0.6 is 0 Å². The van der Waals surface area contributed by atoms with Crippen LogP contribution in [0.15, 0.2) is 60.8 Å². The topological polar surface area (TPSA) is 115 Å². The first kappa shape index (κ1) is 26.7. The standard InChI is InChI=1S/C28H33N5O5/c1-28(2,3)38-26(35)29-13-14-32(27(36)37-19-20-7-5-4-6-8-20)15-16-33-24(11-12-30-33)21-9-10-23-22(17-21)18-25(34)31-23/h4-12,17H,13-16,18-19H2,1-3H3,(H,29,35)(H,31,34). The van der Waals surface area contributed by atoms with Gasteiger partial charge in [-0.25, -0.2) is 9.59 Å². The van der Waals surface area contributed by atoms with Gasteiger partial charge in [0, 0.05) is 37.1 Å². The molecule has 38 heavy (non-hydrogen) atoms. The highest BCUT2D eigenvalue weighted by molar-refractivity contribution is 5.99. The highest BCUT2D eigenvalue weighted by atomic mass is 16.6. The molecule has 0 radical (unpaired) electrons. The third-order valence-electron chi connectivity index (χ3n) is 5.84. The molecule has 2 N–H and O–H groups in total. The maximum absolute atomic E-state index is 13.0. The molecule has 1 aliphatic heterocycles. The maximum atomic E-state index is 13.0. The summed E-state index contributed by atoms with van der Waals surface area (Å²) in [7, 11) is 0. The van der Waals surface area contributed by atoms with Gasteiger partial charge in [-0.05, 0) is 50.1 Å². The summed E-state index contributed by atoms with van der Waals surface area (Å²) in [5, 5.41) is 9.97. The van der Waals surface area contributed by atoms with Crippen molar-refractivity contribution in [2.75, 3.05) is 25.0 Å². The Morgan fingerprint density at radius 3 is 2.66 bits per heavy atom. The Balaban J connectivity index is 1.41. The lowest BCUT2D eigenvalue weighted by atomic mass is 10.1. The minimum atomic E-state index is -0.615. The number of aromatic nitrogens is 2. The van der Waals surface area contributed by atoms with E-state index in [4.69, 9.17) is 9.47 Å². The van der Waals surface area contributed by atoms with Crippen molar-refractivity contribution in [3.05, 3.63) is 71.9 Å². The Morgan fingerprint density at radius 1 is 1.11 bits per heavy atom. The molecule has 10 heteroatoms. The molecule has 3 aromatic rings. The predicted octanol–water partition coefficient (Wildman–Crippen LogP) is 4.21. The molecule has 3 amide bonds. The highest BCUT2D eigenvalue weighted by Crippen LogP contribution is 2.29. The minimum Gasteiger partial charge on any atom is -0.445 e. The molecule has 0 aliphatic carbocycles. The Bertz CT molecular complexity index is 1280. The average Bonchev–Trinajstić information content (AvgIpc) is 3.49. The van der Waals surface area contributed by atoms with E-state index in [9.17, 15) is 14.4 Å². The number of amides is 3. The number of alkyl carbamates (subject to hydrolysis) is 1.